The Morgan fingerprint density at radius 3 is 2.67 bits per heavy atom. The van der Waals surface area contributed by atoms with Crippen molar-refractivity contribution in [2.24, 2.45) is 0 Å². The maximum atomic E-state index is 12.0. The fraction of sp³-hybridized carbons (Fsp3) is 0.353. The average molecular weight is 282 g/mol. The van der Waals surface area contributed by atoms with Crippen LogP contribution in [0.25, 0.3) is 0 Å². The highest BCUT2D eigenvalue weighted by molar-refractivity contribution is 5.97. The molecule has 1 aromatic carbocycles. The molecule has 4 heteroatoms. The smallest absolute Gasteiger partial charge is 0.166 e. The third-order valence-corrected chi connectivity index (χ3v) is 3.81. The zero-order chi connectivity index (χ0) is 14.7. The summed E-state index contributed by atoms with van der Waals surface area (Å²) in [5.74, 6) is 1.79. The molecule has 0 bridgehead atoms. The summed E-state index contributed by atoms with van der Waals surface area (Å²) in [6.45, 7) is 0. The van der Waals surface area contributed by atoms with E-state index in [-0.39, 0.29) is 5.78 Å². The highest BCUT2D eigenvalue weighted by atomic mass is 16.5. The van der Waals surface area contributed by atoms with E-state index >= 15 is 0 Å². The van der Waals surface area contributed by atoms with E-state index in [1.54, 1.807) is 13.3 Å². The number of hydrogen-bond donors (Lipinski definition) is 0. The van der Waals surface area contributed by atoms with Crippen LogP contribution in [0.1, 0.15) is 46.7 Å². The number of benzene rings is 1. The van der Waals surface area contributed by atoms with Gasteiger partial charge in [0.1, 0.15) is 11.6 Å². The Balaban J connectivity index is 1.82. The van der Waals surface area contributed by atoms with Crippen LogP contribution in [0.3, 0.4) is 0 Å². The SMILES string of the molecule is COc1ccc(Cc2ncc3c(n2)CCCCC3=O)cc1. The van der Waals surface area contributed by atoms with Crippen LogP contribution in [0.5, 0.6) is 5.75 Å². The van der Waals surface area contributed by atoms with Crippen LogP contribution in [-0.4, -0.2) is 22.9 Å². The number of carbonyl (C=O) groups is 1. The van der Waals surface area contributed by atoms with Crippen LogP contribution in [0.15, 0.2) is 30.5 Å². The number of aromatic nitrogens is 2. The van der Waals surface area contributed by atoms with Crippen molar-refractivity contribution in [1.82, 2.24) is 9.97 Å². The Hall–Kier alpha value is -2.23. The summed E-state index contributed by atoms with van der Waals surface area (Å²) in [5, 5.41) is 0. The molecule has 2 aromatic rings. The van der Waals surface area contributed by atoms with Crippen molar-refractivity contribution in [1.29, 1.82) is 0 Å². The van der Waals surface area contributed by atoms with Gasteiger partial charge in [0.05, 0.1) is 18.4 Å². The maximum absolute atomic E-state index is 12.0. The lowest BCUT2D eigenvalue weighted by Crippen LogP contribution is -2.07. The van der Waals surface area contributed by atoms with Crippen LogP contribution in [-0.2, 0) is 12.8 Å². The first-order valence-corrected chi connectivity index (χ1v) is 7.27. The molecule has 1 aromatic heterocycles. The fourth-order valence-electron chi connectivity index (χ4n) is 2.61. The molecular formula is C17H18N2O2. The number of fused-ring (bicyclic) bond motifs is 1. The lowest BCUT2D eigenvalue weighted by molar-refractivity contribution is 0.0981. The number of aryl methyl sites for hydroxylation is 1. The fourth-order valence-corrected chi connectivity index (χ4v) is 2.61. The molecule has 0 amide bonds. The van der Waals surface area contributed by atoms with E-state index < -0.39 is 0 Å². The number of hydrogen-bond acceptors (Lipinski definition) is 4. The zero-order valence-electron chi connectivity index (χ0n) is 12.1. The van der Waals surface area contributed by atoms with E-state index in [1.165, 1.54) is 0 Å². The number of ketones is 1. The summed E-state index contributed by atoms with van der Waals surface area (Å²) in [5.41, 5.74) is 2.76. The van der Waals surface area contributed by atoms with Crippen molar-refractivity contribution in [2.75, 3.05) is 7.11 Å². The summed E-state index contributed by atoms with van der Waals surface area (Å²) in [7, 11) is 1.65. The number of rotatable bonds is 3. The largest absolute Gasteiger partial charge is 0.497 e. The van der Waals surface area contributed by atoms with Gasteiger partial charge in [0.15, 0.2) is 5.78 Å². The molecule has 0 N–H and O–H groups in total. The molecule has 1 aliphatic rings. The molecule has 0 aliphatic heterocycles. The van der Waals surface area contributed by atoms with Crippen molar-refractivity contribution in [3.8, 4) is 5.75 Å². The third kappa shape index (κ3) is 3.10. The van der Waals surface area contributed by atoms with Crippen LogP contribution in [0.2, 0.25) is 0 Å². The Bertz CT molecular complexity index is 650. The van der Waals surface area contributed by atoms with Crippen molar-refractivity contribution >= 4 is 5.78 Å². The number of carbonyl (C=O) groups excluding carboxylic acids is 1. The van der Waals surface area contributed by atoms with E-state index in [0.29, 0.717) is 18.4 Å². The molecule has 0 unspecified atom stereocenters. The lowest BCUT2D eigenvalue weighted by atomic mass is 10.1. The molecule has 108 valence electrons. The van der Waals surface area contributed by atoms with Gasteiger partial charge in [-0.25, -0.2) is 9.97 Å². The summed E-state index contributed by atoms with van der Waals surface area (Å²) in [6, 6.07) is 7.89. The molecule has 0 atom stereocenters. The number of methoxy groups -OCH3 is 1. The van der Waals surface area contributed by atoms with Gasteiger partial charge in [-0.05, 0) is 37.0 Å². The molecule has 3 rings (SSSR count). The summed E-state index contributed by atoms with van der Waals surface area (Å²) in [6.07, 6.45) is 5.84. The summed E-state index contributed by atoms with van der Waals surface area (Å²) in [4.78, 5) is 20.9. The number of Topliss-reactive ketones (excluding diaryl/α,β-unsaturated/α-hetero) is 1. The van der Waals surface area contributed by atoms with E-state index in [4.69, 9.17) is 4.74 Å². The second kappa shape index (κ2) is 6.04. The van der Waals surface area contributed by atoms with E-state index in [0.717, 1.165) is 42.1 Å². The molecule has 0 spiro atoms. The first-order chi connectivity index (χ1) is 10.3. The molecule has 21 heavy (non-hydrogen) atoms. The van der Waals surface area contributed by atoms with Crippen molar-refractivity contribution in [3.63, 3.8) is 0 Å². The normalized spacial score (nSPS) is 14.4. The Morgan fingerprint density at radius 1 is 1.14 bits per heavy atom. The van der Waals surface area contributed by atoms with Crippen molar-refractivity contribution in [3.05, 3.63) is 53.1 Å². The second-order valence-corrected chi connectivity index (χ2v) is 5.30. The first kappa shape index (κ1) is 13.7. The number of nitrogens with zero attached hydrogens (tertiary/aromatic N) is 2. The van der Waals surface area contributed by atoms with Gasteiger partial charge in [-0.3, -0.25) is 4.79 Å². The summed E-state index contributed by atoms with van der Waals surface area (Å²) < 4.78 is 5.15. The Kier molecular flexibility index (Phi) is 3.95. The molecule has 0 saturated carbocycles. The molecular weight excluding hydrogens is 264 g/mol. The molecule has 0 saturated heterocycles. The molecule has 1 aliphatic carbocycles. The Labute approximate surface area is 124 Å². The van der Waals surface area contributed by atoms with Crippen LogP contribution in [0.4, 0.5) is 0 Å². The zero-order valence-corrected chi connectivity index (χ0v) is 12.1. The monoisotopic (exact) mass is 282 g/mol. The minimum Gasteiger partial charge on any atom is -0.497 e. The van der Waals surface area contributed by atoms with E-state index in [2.05, 4.69) is 9.97 Å². The van der Waals surface area contributed by atoms with Gasteiger partial charge in [0.25, 0.3) is 0 Å². The molecule has 1 heterocycles. The number of ether oxygens (including phenoxy) is 1. The maximum Gasteiger partial charge on any atom is 0.166 e. The standard InChI is InChI=1S/C17H18N2O2/c1-21-13-8-6-12(7-9-13)10-17-18-11-14-15(19-17)4-2-3-5-16(14)20/h6-9,11H,2-5,10H2,1H3. The van der Waals surface area contributed by atoms with E-state index in [1.807, 2.05) is 24.3 Å². The van der Waals surface area contributed by atoms with Crippen LogP contribution >= 0.6 is 0 Å². The second-order valence-electron chi connectivity index (χ2n) is 5.30. The van der Waals surface area contributed by atoms with Gasteiger partial charge in [0.2, 0.25) is 0 Å². The van der Waals surface area contributed by atoms with Crippen LogP contribution < -0.4 is 4.74 Å². The van der Waals surface area contributed by atoms with Crippen LogP contribution in [0, 0.1) is 0 Å². The minimum absolute atomic E-state index is 0.179. The van der Waals surface area contributed by atoms with Gasteiger partial charge in [-0.1, -0.05) is 12.1 Å². The van der Waals surface area contributed by atoms with Gasteiger partial charge >= 0.3 is 0 Å². The highest BCUT2D eigenvalue weighted by Crippen LogP contribution is 2.19. The Morgan fingerprint density at radius 2 is 1.90 bits per heavy atom. The lowest BCUT2D eigenvalue weighted by Gasteiger charge is -2.07. The van der Waals surface area contributed by atoms with Gasteiger partial charge in [-0.15, -0.1) is 0 Å². The highest BCUT2D eigenvalue weighted by Gasteiger charge is 2.17. The van der Waals surface area contributed by atoms with Gasteiger partial charge in [0, 0.05) is 19.0 Å². The summed E-state index contributed by atoms with van der Waals surface area (Å²) >= 11 is 0. The molecule has 0 radical (unpaired) electrons. The third-order valence-electron chi connectivity index (χ3n) is 3.81. The topological polar surface area (TPSA) is 52.1 Å². The van der Waals surface area contributed by atoms with Gasteiger partial charge in [-0.2, -0.15) is 0 Å². The van der Waals surface area contributed by atoms with Crippen molar-refractivity contribution in [2.45, 2.75) is 32.1 Å². The predicted molar refractivity (Wildman–Crippen MR) is 79.7 cm³/mol. The van der Waals surface area contributed by atoms with Crippen molar-refractivity contribution < 1.29 is 9.53 Å². The minimum atomic E-state index is 0.179. The predicted octanol–water partition coefficient (Wildman–Crippen LogP) is 2.99. The average Bonchev–Trinajstić information content (AvgIpc) is 2.70. The van der Waals surface area contributed by atoms with E-state index in [9.17, 15) is 4.79 Å². The van der Waals surface area contributed by atoms with Gasteiger partial charge < -0.3 is 4.74 Å². The quantitative estimate of drug-likeness (QED) is 0.812. The first-order valence-electron chi connectivity index (χ1n) is 7.27. The molecule has 4 nitrogen and oxygen atoms in total. The molecule has 0 fully saturated rings.